The minimum atomic E-state index is -0.567. The number of aliphatic hydroxyl groups excluding tert-OH is 1. The summed E-state index contributed by atoms with van der Waals surface area (Å²) in [5, 5.41) is 21.0. The fourth-order valence-electron chi connectivity index (χ4n) is 1.99. The van der Waals surface area contributed by atoms with Gasteiger partial charge in [0.1, 0.15) is 30.6 Å². The van der Waals surface area contributed by atoms with Crippen molar-refractivity contribution in [2.45, 2.75) is 33.0 Å². The molecule has 0 amide bonds. The summed E-state index contributed by atoms with van der Waals surface area (Å²) in [6.45, 7) is 6.15. The Morgan fingerprint density at radius 1 is 1.38 bits per heavy atom. The molecule has 0 fully saturated rings. The number of nitrogens with zero attached hydrogens (tertiary/aromatic N) is 3. The van der Waals surface area contributed by atoms with Crippen molar-refractivity contribution in [1.82, 2.24) is 20.1 Å². The van der Waals surface area contributed by atoms with E-state index in [-0.39, 0.29) is 6.61 Å². The number of ether oxygens (including phenoxy) is 1. The van der Waals surface area contributed by atoms with E-state index in [0.29, 0.717) is 13.1 Å². The summed E-state index contributed by atoms with van der Waals surface area (Å²) in [6, 6.07) is 7.77. The zero-order valence-corrected chi connectivity index (χ0v) is 12.5. The van der Waals surface area contributed by atoms with E-state index in [0.717, 1.165) is 23.7 Å². The average molecular weight is 290 g/mol. The van der Waals surface area contributed by atoms with E-state index in [2.05, 4.69) is 15.5 Å². The number of hydrogen-bond donors (Lipinski definition) is 2. The van der Waals surface area contributed by atoms with Crippen molar-refractivity contribution in [2.24, 2.45) is 0 Å². The van der Waals surface area contributed by atoms with E-state index in [1.54, 1.807) is 6.33 Å². The molecule has 6 nitrogen and oxygen atoms in total. The van der Waals surface area contributed by atoms with Crippen LogP contribution in [0.5, 0.6) is 5.75 Å². The predicted molar refractivity (Wildman–Crippen MR) is 80.1 cm³/mol. The summed E-state index contributed by atoms with van der Waals surface area (Å²) < 4.78 is 7.57. The molecule has 0 bridgehead atoms. The van der Waals surface area contributed by atoms with Crippen LogP contribution in [0.25, 0.3) is 0 Å². The van der Waals surface area contributed by atoms with Gasteiger partial charge in [-0.2, -0.15) is 0 Å². The summed E-state index contributed by atoms with van der Waals surface area (Å²) in [5.41, 5.74) is 1.06. The Labute approximate surface area is 124 Å². The molecule has 6 heteroatoms. The normalized spacial score (nSPS) is 12.3. The van der Waals surface area contributed by atoms with E-state index in [4.69, 9.17) is 4.74 Å². The van der Waals surface area contributed by atoms with E-state index in [1.165, 1.54) is 0 Å². The minimum absolute atomic E-state index is 0.262. The molecule has 0 aliphatic rings. The Hall–Kier alpha value is -1.92. The maximum atomic E-state index is 9.93. The Balaban J connectivity index is 1.70. The standard InChI is InChI=1S/C15H22N4O2/c1-3-19-11-17-18-15(19)9-16-8-13(20)10-21-14-7-5-4-6-12(14)2/h4-7,11,13,16,20H,3,8-10H2,1-2H3. The van der Waals surface area contributed by atoms with Gasteiger partial charge in [0.15, 0.2) is 0 Å². The highest BCUT2D eigenvalue weighted by Crippen LogP contribution is 2.16. The molecule has 0 spiro atoms. The molecule has 0 aliphatic heterocycles. The van der Waals surface area contributed by atoms with Gasteiger partial charge in [-0.25, -0.2) is 0 Å². The first-order valence-electron chi connectivity index (χ1n) is 7.14. The fourth-order valence-corrected chi connectivity index (χ4v) is 1.99. The maximum absolute atomic E-state index is 9.93. The van der Waals surface area contributed by atoms with Crippen molar-refractivity contribution < 1.29 is 9.84 Å². The molecule has 0 aliphatic carbocycles. The van der Waals surface area contributed by atoms with Crippen molar-refractivity contribution in [2.75, 3.05) is 13.2 Å². The van der Waals surface area contributed by atoms with E-state index in [9.17, 15) is 5.11 Å². The Bertz CT molecular complexity index is 556. The summed E-state index contributed by atoms with van der Waals surface area (Å²) >= 11 is 0. The molecule has 1 atom stereocenters. The first-order valence-corrected chi connectivity index (χ1v) is 7.14. The minimum Gasteiger partial charge on any atom is -0.491 e. The molecule has 0 radical (unpaired) electrons. The number of aliphatic hydroxyl groups is 1. The summed E-state index contributed by atoms with van der Waals surface area (Å²) in [4.78, 5) is 0. The Kier molecular flexibility index (Phi) is 5.71. The van der Waals surface area contributed by atoms with Crippen LogP contribution in [0.3, 0.4) is 0 Å². The molecular formula is C15H22N4O2. The van der Waals surface area contributed by atoms with Crippen LogP contribution in [0, 0.1) is 6.92 Å². The van der Waals surface area contributed by atoms with Crippen LogP contribution < -0.4 is 10.1 Å². The zero-order chi connectivity index (χ0) is 15.1. The number of nitrogens with one attached hydrogen (secondary N) is 1. The highest BCUT2D eigenvalue weighted by molar-refractivity contribution is 5.31. The van der Waals surface area contributed by atoms with Crippen molar-refractivity contribution in [1.29, 1.82) is 0 Å². The second kappa shape index (κ2) is 7.75. The fraction of sp³-hybridized carbons (Fsp3) is 0.467. The molecule has 2 N–H and O–H groups in total. The van der Waals surface area contributed by atoms with Gasteiger partial charge in [0.25, 0.3) is 0 Å². The lowest BCUT2D eigenvalue weighted by molar-refractivity contribution is 0.105. The molecule has 21 heavy (non-hydrogen) atoms. The largest absolute Gasteiger partial charge is 0.491 e. The van der Waals surface area contributed by atoms with Gasteiger partial charge in [-0.05, 0) is 25.5 Å². The van der Waals surface area contributed by atoms with Crippen LogP contribution in [-0.4, -0.2) is 39.1 Å². The second-order valence-electron chi connectivity index (χ2n) is 4.89. The van der Waals surface area contributed by atoms with Crippen LogP contribution in [0.4, 0.5) is 0 Å². The first-order chi connectivity index (χ1) is 10.2. The number of rotatable bonds is 8. The van der Waals surface area contributed by atoms with Crippen LogP contribution in [0.1, 0.15) is 18.3 Å². The van der Waals surface area contributed by atoms with Gasteiger partial charge in [0.2, 0.25) is 0 Å². The molecule has 0 saturated carbocycles. The summed E-state index contributed by atoms with van der Waals surface area (Å²) in [7, 11) is 0. The van der Waals surface area contributed by atoms with Crippen molar-refractivity contribution in [3.8, 4) is 5.75 Å². The van der Waals surface area contributed by atoms with Crippen molar-refractivity contribution in [3.63, 3.8) is 0 Å². The highest BCUT2D eigenvalue weighted by atomic mass is 16.5. The summed E-state index contributed by atoms with van der Waals surface area (Å²) in [6.07, 6.45) is 1.14. The molecule has 1 aromatic carbocycles. The monoisotopic (exact) mass is 290 g/mol. The Morgan fingerprint density at radius 2 is 2.19 bits per heavy atom. The van der Waals surface area contributed by atoms with E-state index < -0.39 is 6.10 Å². The van der Waals surface area contributed by atoms with E-state index >= 15 is 0 Å². The van der Waals surface area contributed by atoms with Gasteiger partial charge < -0.3 is 19.7 Å². The SMILES string of the molecule is CCn1cnnc1CNCC(O)COc1ccccc1C. The highest BCUT2D eigenvalue weighted by Gasteiger charge is 2.08. The summed E-state index contributed by atoms with van der Waals surface area (Å²) in [5.74, 6) is 1.67. The third kappa shape index (κ3) is 4.54. The molecule has 2 rings (SSSR count). The first kappa shape index (κ1) is 15.5. The average Bonchev–Trinajstić information content (AvgIpc) is 2.94. The lowest BCUT2D eigenvalue weighted by atomic mass is 10.2. The lowest BCUT2D eigenvalue weighted by Crippen LogP contribution is -2.31. The third-order valence-electron chi connectivity index (χ3n) is 3.22. The molecule has 2 aromatic rings. The van der Waals surface area contributed by atoms with Gasteiger partial charge in [-0.1, -0.05) is 18.2 Å². The van der Waals surface area contributed by atoms with Gasteiger partial charge in [-0.3, -0.25) is 0 Å². The molecule has 0 saturated heterocycles. The van der Waals surface area contributed by atoms with Crippen molar-refractivity contribution in [3.05, 3.63) is 42.0 Å². The maximum Gasteiger partial charge on any atom is 0.146 e. The molecule has 1 heterocycles. The number of para-hydroxylation sites is 1. The number of benzene rings is 1. The van der Waals surface area contributed by atoms with Gasteiger partial charge in [0.05, 0.1) is 6.54 Å². The van der Waals surface area contributed by atoms with Gasteiger partial charge >= 0.3 is 0 Å². The lowest BCUT2D eigenvalue weighted by Gasteiger charge is -2.14. The van der Waals surface area contributed by atoms with Crippen LogP contribution in [-0.2, 0) is 13.1 Å². The van der Waals surface area contributed by atoms with Crippen LogP contribution in [0.2, 0.25) is 0 Å². The predicted octanol–water partition coefficient (Wildman–Crippen LogP) is 1.14. The smallest absolute Gasteiger partial charge is 0.146 e. The molecule has 1 aromatic heterocycles. The molecule has 114 valence electrons. The number of aromatic nitrogens is 3. The van der Waals surface area contributed by atoms with Crippen LogP contribution >= 0.6 is 0 Å². The quantitative estimate of drug-likeness (QED) is 0.762. The number of hydrogen-bond acceptors (Lipinski definition) is 5. The molecule has 1 unspecified atom stereocenters. The van der Waals surface area contributed by atoms with Gasteiger partial charge in [0, 0.05) is 13.1 Å². The topological polar surface area (TPSA) is 72.2 Å². The molecular weight excluding hydrogens is 268 g/mol. The second-order valence-corrected chi connectivity index (χ2v) is 4.89. The van der Waals surface area contributed by atoms with Gasteiger partial charge in [-0.15, -0.1) is 10.2 Å². The van der Waals surface area contributed by atoms with E-state index in [1.807, 2.05) is 42.7 Å². The van der Waals surface area contributed by atoms with Crippen molar-refractivity contribution >= 4 is 0 Å². The van der Waals surface area contributed by atoms with Crippen LogP contribution in [0.15, 0.2) is 30.6 Å². The number of aryl methyl sites for hydroxylation is 2. The third-order valence-corrected chi connectivity index (χ3v) is 3.22. The Morgan fingerprint density at radius 3 is 2.95 bits per heavy atom. The zero-order valence-electron chi connectivity index (χ0n) is 12.5.